The predicted molar refractivity (Wildman–Crippen MR) is 71.7 cm³/mol. The topological polar surface area (TPSA) is 63.2 Å². The largest absolute Gasteiger partial charge is 0.380 e. The summed E-state index contributed by atoms with van der Waals surface area (Å²) < 4.78 is 5.11. The lowest BCUT2D eigenvalue weighted by atomic mass is 10.2. The van der Waals surface area contributed by atoms with Crippen molar-refractivity contribution < 1.29 is 9.53 Å². The number of anilines is 1. The van der Waals surface area contributed by atoms with Crippen LogP contribution in [-0.4, -0.2) is 37.2 Å². The van der Waals surface area contributed by atoms with E-state index in [1.807, 2.05) is 6.92 Å². The average molecular weight is 249 g/mol. The van der Waals surface area contributed by atoms with Gasteiger partial charge in [-0.2, -0.15) is 0 Å². The van der Waals surface area contributed by atoms with Crippen molar-refractivity contribution in [3.8, 4) is 0 Å². The number of aromatic nitrogens is 1. The Balaban J connectivity index is 2.51. The zero-order valence-corrected chi connectivity index (χ0v) is 10.8. The van der Waals surface area contributed by atoms with Crippen molar-refractivity contribution in [2.45, 2.75) is 13.0 Å². The van der Waals surface area contributed by atoms with Crippen molar-refractivity contribution in [2.75, 3.05) is 25.5 Å². The van der Waals surface area contributed by atoms with E-state index in [2.05, 4.69) is 22.2 Å². The van der Waals surface area contributed by atoms with Crippen LogP contribution in [0.25, 0.3) is 0 Å². The minimum atomic E-state index is -0.154. The Kier molecular flexibility index (Phi) is 5.87. The van der Waals surface area contributed by atoms with Gasteiger partial charge in [0, 0.05) is 26.4 Å². The molecular formula is C13H19N3O2. The van der Waals surface area contributed by atoms with Crippen molar-refractivity contribution in [3.05, 3.63) is 36.5 Å². The van der Waals surface area contributed by atoms with Crippen LogP contribution in [0, 0.1) is 0 Å². The number of methoxy groups -OCH3 is 1. The molecule has 1 unspecified atom stereocenters. The first kappa shape index (κ1) is 14.2. The Morgan fingerprint density at radius 2 is 2.39 bits per heavy atom. The second-order valence-corrected chi connectivity index (χ2v) is 3.86. The van der Waals surface area contributed by atoms with Gasteiger partial charge >= 0.3 is 0 Å². The number of amides is 1. The molecule has 0 saturated heterocycles. The summed E-state index contributed by atoms with van der Waals surface area (Å²) in [6, 6.07) is 3.50. The second-order valence-electron chi connectivity index (χ2n) is 3.86. The van der Waals surface area contributed by atoms with Crippen molar-refractivity contribution >= 4 is 11.7 Å². The molecule has 0 aliphatic carbocycles. The van der Waals surface area contributed by atoms with Crippen molar-refractivity contribution in [3.63, 3.8) is 0 Å². The average Bonchev–Trinajstić information content (AvgIpc) is 2.42. The number of hydrogen-bond donors (Lipinski definition) is 2. The van der Waals surface area contributed by atoms with Crippen LogP contribution in [0.1, 0.15) is 17.3 Å². The number of nitrogens with zero attached hydrogens (tertiary/aromatic N) is 1. The van der Waals surface area contributed by atoms with Gasteiger partial charge in [-0.25, -0.2) is 4.98 Å². The number of carbonyl (C=O) groups is 1. The first-order chi connectivity index (χ1) is 8.67. The number of hydrogen-bond acceptors (Lipinski definition) is 4. The van der Waals surface area contributed by atoms with Gasteiger partial charge in [0.15, 0.2) is 0 Å². The lowest BCUT2D eigenvalue weighted by molar-refractivity contribution is 0.0957. The number of pyridine rings is 1. The molecule has 2 N–H and O–H groups in total. The summed E-state index contributed by atoms with van der Waals surface area (Å²) in [6.45, 7) is 6.62. The van der Waals surface area contributed by atoms with Crippen molar-refractivity contribution in [1.29, 1.82) is 0 Å². The molecule has 98 valence electrons. The van der Waals surface area contributed by atoms with E-state index in [-0.39, 0.29) is 12.0 Å². The Labute approximate surface area is 107 Å². The summed E-state index contributed by atoms with van der Waals surface area (Å²) in [5.74, 6) is 0.568. The summed E-state index contributed by atoms with van der Waals surface area (Å²) in [4.78, 5) is 15.7. The summed E-state index contributed by atoms with van der Waals surface area (Å²) in [5, 5.41) is 5.81. The molecular weight excluding hydrogens is 230 g/mol. The third kappa shape index (κ3) is 4.55. The monoisotopic (exact) mass is 249 g/mol. The molecule has 1 amide bonds. The molecule has 0 fully saturated rings. The number of carbonyl (C=O) groups excluding carboxylic acids is 1. The third-order valence-electron chi connectivity index (χ3n) is 2.41. The summed E-state index contributed by atoms with van der Waals surface area (Å²) in [7, 11) is 1.66. The number of rotatable bonds is 7. The number of nitrogens with one attached hydrogen (secondary N) is 2. The molecule has 0 bridgehead atoms. The van der Waals surface area contributed by atoms with Gasteiger partial charge in [0.05, 0.1) is 11.7 Å². The van der Waals surface area contributed by atoms with Gasteiger partial charge in [-0.1, -0.05) is 6.08 Å². The van der Waals surface area contributed by atoms with Crippen LogP contribution >= 0.6 is 0 Å². The quantitative estimate of drug-likeness (QED) is 0.718. The fourth-order valence-corrected chi connectivity index (χ4v) is 1.23. The molecule has 0 aliphatic heterocycles. The van der Waals surface area contributed by atoms with Gasteiger partial charge in [-0.3, -0.25) is 4.79 Å². The number of ether oxygens (including phenoxy) is 1. The van der Waals surface area contributed by atoms with Crippen molar-refractivity contribution in [1.82, 2.24) is 10.3 Å². The van der Waals surface area contributed by atoms with E-state index >= 15 is 0 Å². The van der Waals surface area contributed by atoms with Gasteiger partial charge in [-0.05, 0) is 19.1 Å². The summed E-state index contributed by atoms with van der Waals surface area (Å²) in [6.07, 6.45) is 3.29. The van der Waals surface area contributed by atoms with Crippen LogP contribution in [-0.2, 0) is 4.74 Å². The maximum Gasteiger partial charge on any atom is 0.253 e. The summed E-state index contributed by atoms with van der Waals surface area (Å²) >= 11 is 0. The molecule has 0 aromatic carbocycles. The zero-order valence-electron chi connectivity index (χ0n) is 10.8. The standard InChI is InChI=1S/C13H19N3O2/c1-4-7-14-13(17)11-5-6-12(16-9-11)15-8-10(2)18-3/h4-6,9-10H,1,7-8H2,2-3H3,(H,14,17)(H,15,16). The SMILES string of the molecule is C=CCNC(=O)c1ccc(NCC(C)OC)nc1. The fraction of sp³-hybridized carbons (Fsp3) is 0.385. The highest BCUT2D eigenvalue weighted by atomic mass is 16.5. The molecule has 18 heavy (non-hydrogen) atoms. The fourth-order valence-electron chi connectivity index (χ4n) is 1.23. The van der Waals surface area contributed by atoms with Crippen LogP contribution in [0.5, 0.6) is 0 Å². The Bertz CT molecular complexity index is 390. The highest BCUT2D eigenvalue weighted by Crippen LogP contribution is 2.05. The minimum Gasteiger partial charge on any atom is -0.380 e. The molecule has 1 aromatic rings. The van der Waals surface area contributed by atoms with E-state index in [0.29, 0.717) is 18.7 Å². The molecule has 0 aliphatic rings. The van der Waals surface area contributed by atoms with E-state index in [9.17, 15) is 4.79 Å². The maximum absolute atomic E-state index is 11.6. The molecule has 1 rings (SSSR count). The van der Waals surface area contributed by atoms with Gasteiger partial charge in [0.2, 0.25) is 0 Å². The maximum atomic E-state index is 11.6. The molecule has 0 radical (unpaired) electrons. The third-order valence-corrected chi connectivity index (χ3v) is 2.41. The minimum absolute atomic E-state index is 0.113. The zero-order chi connectivity index (χ0) is 13.4. The molecule has 1 atom stereocenters. The van der Waals surface area contributed by atoms with Crippen LogP contribution in [0.15, 0.2) is 31.0 Å². The molecule has 1 heterocycles. The lowest BCUT2D eigenvalue weighted by Gasteiger charge is -2.11. The highest BCUT2D eigenvalue weighted by Gasteiger charge is 2.05. The normalized spacial score (nSPS) is 11.7. The summed E-state index contributed by atoms with van der Waals surface area (Å²) in [5.41, 5.74) is 0.530. The Morgan fingerprint density at radius 1 is 1.61 bits per heavy atom. The van der Waals surface area contributed by atoms with Crippen LogP contribution in [0.3, 0.4) is 0 Å². The molecule has 5 heteroatoms. The first-order valence-corrected chi connectivity index (χ1v) is 5.79. The lowest BCUT2D eigenvalue weighted by Crippen LogP contribution is -2.23. The van der Waals surface area contributed by atoms with E-state index in [1.165, 1.54) is 6.20 Å². The van der Waals surface area contributed by atoms with E-state index in [1.54, 1.807) is 25.3 Å². The second kappa shape index (κ2) is 7.45. The molecule has 1 aromatic heterocycles. The van der Waals surface area contributed by atoms with Crippen LogP contribution in [0.2, 0.25) is 0 Å². The Hall–Kier alpha value is -1.88. The van der Waals surface area contributed by atoms with Gasteiger partial charge in [0.25, 0.3) is 5.91 Å². The van der Waals surface area contributed by atoms with Crippen molar-refractivity contribution in [2.24, 2.45) is 0 Å². The van der Waals surface area contributed by atoms with E-state index in [4.69, 9.17) is 4.74 Å². The highest BCUT2D eigenvalue weighted by molar-refractivity contribution is 5.94. The van der Waals surface area contributed by atoms with Crippen LogP contribution < -0.4 is 10.6 Å². The van der Waals surface area contributed by atoms with Crippen LogP contribution in [0.4, 0.5) is 5.82 Å². The first-order valence-electron chi connectivity index (χ1n) is 5.79. The van der Waals surface area contributed by atoms with Gasteiger partial charge < -0.3 is 15.4 Å². The van der Waals surface area contributed by atoms with E-state index in [0.717, 1.165) is 5.82 Å². The smallest absolute Gasteiger partial charge is 0.253 e. The molecule has 0 spiro atoms. The van der Waals surface area contributed by atoms with E-state index < -0.39 is 0 Å². The molecule has 5 nitrogen and oxygen atoms in total. The predicted octanol–water partition coefficient (Wildman–Crippen LogP) is 1.44. The Morgan fingerprint density at radius 3 is 2.94 bits per heavy atom. The van der Waals surface area contributed by atoms with Gasteiger partial charge in [0.1, 0.15) is 5.82 Å². The molecule has 0 saturated carbocycles. The van der Waals surface area contributed by atoms with Gasteiger partial charge in [-0.15, -0.1) is 6.58 Å².